The van der Waals surface area contributed by atoms with Gasteiger partial charge in [0.15, 0.2) is 0 Å². The number of thiazole rings is 1. The molecule has 1 atom stereocenters. The zero-order valence-electron chi connectivity index (χ0n) is 11.9. The fourth-order valence-corrected chi connectivity index (χ4v) is 2.54. The molecular formula is C15H15FN2O3S. The van der Waals surface area contributed by atoms with Crippen molar-refractivity contribution in [2.75, 3.05) is 6.54 Å². The molecule has 22 heavy (non-hydrogen) atoms. The van der Waals surface area contributed by atoms with Gasteiger partial charge in [0.2, 0.25) is 5.91 Å². The molecule has 116 valence electrons. The zero-order chi connectivity index (χ0) is 16.1. The maximum Gasteiger partial charge on any atom is 0.308 e. The van der Waals surface area contributed by atoms with Crippen LogP contribution in [0.2, 0.25) is 0 Å². The van der Waals surface area contributed by atoms with E-state index in [0.29, 0.717) is 16.3 Å². The molecule has 0 spiro atoms. The van der Waals surface area contributed by atoms with Crippen LogP contribution in [0.1, 0.15) is 12.6 Å². The molecule has 7 heteroatoms. The number of halogens is 1. The third-order valence-electron chi connectivity index (χ3n) is 2.99. The molecule has 0 radical (unpaired) electrons. The summed E-state index contributed by atoms with van der Waals surface area (Å²) in [6.45, 7) is 1.60. The number of nitrogens with one attached hydrogen (secondary N) is 1. The average molecular weight is 322 g/mol. The second-order valence-corrected chi connectivity index (χ2v) is 5.73. The van der Waals surface area contributed by atoms with Crippen LogP contribution in [0, 0.1) is 11.7 Å². The SMILES string of the molecule is CC(CNC(=O)Cc1csc(-c2cccc(F)c2)n1)C(=O)O. The van der Waals surface area contributed by atoms with E-state index in [0.717, 1.165) is 0 Å². The van der Waals surface area contributed by atoms with Crippen LogP contribution in [-0.2, 0) is 16.0 Å². The first kappa shape index (κ1) is 16.1. The molecule has 0 aliphatic heterocycles. The Labute approximate surface area is 130 Å². The largest absolute Gasteiger partial charge is 0.481 e. The van der Waals surface area contributed by atoms with Crippen molar-refractivity contribution in [2.45, 2.75) is 13.3 Å². The lowest BCUT2D eigenvalue weighted by Gasteiger charge is -2.07. The highest BCUT2D eigenvalue weighted by Crippen LogP contribution is 2.24. The number of amides is 1. The molecule has 1 aromatic heterocycles. The Morgan fingerprint density at radius 2 is 2.23 bits per heavy atom. The molecule has 0 bridgehead atoms. The normalized spacial score (nSPS) is 11.9. The lowest BCUT2D eigenvalue weighted by molar-refractivity contribution is -0.141. The summed E-state index contributed by atoms with van der Waals surface area (Å²) in [6.07, 6.45) is 0.0676. The summed E-state index contributed by atoms with van der Waals surface area (Å²) in [5, 5.41) is 13.7. The second kappa shape index (κ2) is 7.13. The fourth-order valence-electron chi connectivity index (χ4n) is 1.72. The van der Waals surface area contributed by atoms with Gasteiger partial charge in [-0.25, -0.2) is 9.37 Å². The molecule has 0 aliphatic rings. The maximum absolute atomic E-state index is 13.2. The second-order valence-electron chi connectivity index (χ2n) is 4.87. The average Bonchev–Trinajstić information content (AvgIpc) is 2.93. The van der Waals surface area contributed by atoms with Gasteiger partial charge in [-0.1, -0.05) is 19.1 Å². The van der Waals surface area contributed by atoms with Crippen LogP contribution in [0.3, 0.4) is 0 Å². The Morgan fingerprint density at radius 1 is 1.45 bits per heavy atom. The maximum atomic E-state index is 13.2. The predicted molar refractivity (Wildman–Crippen MR) is 81.0 cm³/mol. The molecule has 1 unspecified atom stereocenters. The Kier molecular flexibility index (Phi) is 5.21. The van der Waals surface area contributed by atoms with E-state index in [9.17, 15) is 14.0 Å². The molecule has 2 rings (SSSR count). The highest BCUT2D eigenvalue weighted by Gasteiger charge is 2.13. The summed E-state index contributed by atoms with van der Waals surface area (Å²) in [5.74, 6) is -2.22. The minimum atomic E-state index is -0.956. The number of hydrogen-bond acceptors (Lipinski definition) is 4. The number of aromatic nitrogens is 1. The van der Waals surface area contributed by atoms with E-state index in [1.165, 1.54) is 30.4 Å². The van der Waals surface area contributed by atoms with E-state index in [4.69, 9.17) is 5.11 Å². The molecule has 1 amide bonds. The van der Waals surface area contributed by atoms with Gasteiger partial charge in [0.1, 0.15) is 10.8 Å². The van der Waals surface area contributed by atoms with Crippen LogP contribution in [0.4, 0.5) is 4.39 Å². The van der Waals surface area contributed by atoms with Crippen molar-refractivity contribution in [3.05, 3.63) is 41.2 Å². The van der Waals surface area contributed by atoms with Gasteiger partial charge >= 0.3 is 5.97 Å². The summed E-state index contributed by atoms with van der Waals surface area (Å²) in [7, 11) is 0. The Bertz CT molecular complexity index is 687. The molecular weight excluding hydrogens is 307 g/mol. The lowest BCUT2D eigenvalue weighted by atomic mass is 10.2. The van der Waals surface area contributed by atoms with E-state index >= 15 is 0 Å². The first-order valence-electron chi connectivity index (χ1n) is 6.65. The molecule has 2 N–H and O–H groups in total. The van der Waals surface area contributed by atoms with Crippen molar-refractivity contribution in [1.29, 1.82) is 0 Å². The van der Waals surface area contributed by atoms with E-state index in [1.54, 1.807) is 17.5 Å². The quantitative estimate of drug-likeness (QED) is 0.855. The topological polar surface area (TPSA) is 79.3 Å². The third kappa shape index (κ3) is 4.36. The summed E-state index contributed by atoms with van der Waals surface area (Å²) >= 11 is 1.33. The van der Waals surface area contributed by atoms with E-state index in [2.05, 4.69) is 10.3 Å². The Hall–Kier alpha value is -2.28. The molecule has 5 nitrogen and oxygen atoms in total. The van der Waals surface area contributed by atoms with Crippen molar-refractivity contribution >= 4 is 23.2 Å². The van der Waals surface area contributed by atoms with Gasteiger partial charge < -0.3 is 10.4 Å². The Balaban J connectivity index is 1.94. The van der Waals surface area contributed by atoms with Crippen molar-refractivity contribution in [2.24, 2.45) is 5.92 Å². The van der Waals surface area contributed by atoms with Gasteiger partial charge in [0.25, 0.3) is 0 Å². The van der Waals surface area contributed by atoms with Crippen LogP contribution < -0.4 is 5.32 Å². The van der Waals surface area contributed by atoms with E-state index < -0.39 is 11.9 Å². The standard InChI is InChI=1S/C15H15FN2O3S/c1-9(15(20)21)7-17-13(19)6-12-8-22-14(18-12)10-3-2-4-11(16)5-10/h2-5,8-9H,6-7H2,1H3,(H,17,19)(H,20,21). The van der Waals surface area contributed by atoms with Gasteiger partial charge in [0, 0.05) is 17.5 Å². The number of benzene rings is 1. The molecule has 2 aromatic rings. The van der Waals surface area contributed by atoms with Gasteiger partial charge in [-0.2, -0.15) is 0 Å². The number of rotatable bonds is 6. The molecule has 0 fully saturated rings. The highest BCUT2D eigenvalue weighted by molar-refractivity contribution is 7.13. The molecule has 0 saturated carbocycles. The van der Waals surface area contributed by atoms with E-state index in [-0.39, 0.29) is 24.7 Å². The smallest absolute Gasteiger partial charge is 0.308 e. The van der Waals surface area contributed by atoms with Crippen molar-refractivity contribution in [1.82, 2.24) is 10.3 Å². The summed E-state index contributed by atoms with van der Waals surface area (Å²) in [4.78, 5) is 26.7. The highest BCUT2D eigenvalue weighted by atomic mass is 32.1. The first-order chi connectivity index (χ1) is 10.5. The monoisotopic (exact) mass is 322 g/mol. The van der Waals surface area contributed by atoms with Crippen molar-refractivity contribution in [3.8, 4) is 10.6 Å². The summed E-state index contributed by atoms with van der Waals surface area (Å²) in [5.41, 5.74) is 1.24. The number of carbonyl (C=O) groups is 2. The number of carboxylic acids is 1. The number of carbonyl (C=O) groups excluding carboxylic acids is 1. The van der Waals surface area contributed by atoms with Gasteiger partial charge in [-0.05, 0) is 12.1 Å². The number of hydrogen-bond donors (Lipinski definition) is 2. The number of aliphatic carboxylic acids is 1. The number of nitrogens with zero attached hydrogens (tertiary/aromatic N) is 1. The fraction of sp³-hybridized carbons (Fsp3) is 0.267. The van der Waals surface area contributed by atoms with Gasteiger partial charge in [-0.3, -0.25) is 9.59 Å². The minimum absolute atomic E-state index is 0.0676. The van der Waals surface area contributed by atoms with Crippen LogP contribution in [0.5, 0.6) is 0 Å². The molecule has 1 aromatic carbocycles. The lowest BCUT2D eigenvalue weighted by Crippen LogP contribution is -2.32. The van der Waals surface area contributed by atoms with Crippen LogP contribution >= 0.6 is 11.3 Å². The minimum Gasteiger partial charge on any atom is -0.481 e. The van der Waals surface area contributed by atoms with E-state index in [1.807, 2.05) is 0 Å². The van der Waals surface area contributed by atoms with Gasteiger partial charge in [-0.15, -0.1) is 11.3 Å². The molecule has 1 heterocycles. The van der Waals surface area contributed by atoms with Gasteiger partial charge in [0.05, 0.1) is 18.0 Å². The number of carboxylic acid groups (broad SMARTS) is 1. The summed E-state index contributed by atoms with van der Waals surface area (Å²) < 4.78 is 13.2. The third-order valence-corrected chi connectivity index (χ3v) is 3.93. The zero-order valence-corrected chi connectivity index (χ0v) is 12.7. The van der Waals surface area contributed by atoms with Crippen LogP contribution in [-0.4, -0.2) is 28.5 Å². The van der Waals surface area contributed by atoms with Crippen LogP contribution in [0.15, 0.2) is 29.6 Å². The predicted octanol–water partition coefficient (Wildman–Crippen LogP) is 2.33. The molecule has 0 saturated heterocycles. The molecule has 0 aliphatic carbocycles. The summed E-state index contributed by atoms with van der Waals surface area (Å²) in [6, 6.07) is 6.10. The van der Waals surface area contributed by atoms with Crippen molar-refractivity contribution < 1.29 is 19.1 Å². The van der Waals surface area contributed by atoms with Crippen molar-refractivity contribution in [3.63, 3.8) is 0 Å². The Morgan fingerprint density at radius 3 is 2.91 bits per heavy atom. The van der Waals surface area contributed by atoms with Crippen LogP contribution in [0.25, 0.3) is 10.6 Å². The first-order valence-corrected chi connectivity index (χ1v) is 7.53.